The zero-order valence-corrected chi connectivity index (χ0v) is 7.20. The van der Waals surface area contributed by atoms with Crippen LogP contribution in [0.25, 0.3) is 0 Å². The van der Waals surface area contributed by atoms with Crippen molar-refractivity contribution in [2.24, 2.45) is 0 Å². The van der Waals surface area contributed by atoms with Crippen molar-refractivity contribution in [1.29, 1.82) is 0 Å². The van der Waals surface area contributed by atoms with Gasteiger partial charge in [-0.05, 0) is 0 Å². The fourth-order valence-electron chi connectivity index (χ4n) is 0.819. The first-order valence-electron chi connectivity index (χ1n) is 3.57. The number of hydrogen-bond acceptors (Lipinski definition) is 3. The molecule has 0 saturated carbocycles. The Morgan fingerprint density at radius 2 is 1.69 bits per heavy atom. The molecule has 0 amide bonds. The Morgan fingerprint density at radius 1 is 1.19 bits per heavy atom. The molecule has 0 saturated heterocycles. The number of hydrogen-bond donors (Lipinski definition) is 2. The van der Waals surface area contributed by atoms with Crippen molar-refractivity contribution in [3.8, 4) is 0 Å². The third-order valence-corrected chi connectivity index (χ3v) is 1.53. The van der Waals surface area contributed by atoms with Crippen LogP contribution in [-0.4, -0.2) is 16.1 Å². The summed E-state index contributed by atoms with van der Waals surface area (Å²) in [6.07, 6.45) is -6.07. The lowest BCUT2D eigenvalue weighted by molar-refractivity contribution is -0.292. The molecule has 1 aromatic rings. The smallest absolute Gasteiger partial charge is 0.369 e. The Balaban J connectivity index is 3.51. The van der Waals surface area contributed by atoms with Crippen LogP contribution in [0.3, 0.4) is 0 Å². The number of H-pyrrole nitrogens is 1. The number of nitrogens with zero attached hydrogens (tertiary/aromatic N) is 1. The van der Waals surface area contributed by atoms with Gasteiger partial charge in [0, 0.05) is 0 Å². The quantitative estimate of drug-likeness (QED) is 0.731. The van der Waals surface area contributed by atoms with Gasteiger partial charge in [0.05, 0.1) is 0 Å². The summed E-state index contributed by atoms with van der Waals surface area (Å²) in [7, 11) is 0. The molecule has 10 heteroatoms. The number of anilines is 1. The lowest BCUT2D eigenvalue weighted by Gasteiger charge is -2.18. The molecule has 0 aliphatic carbocycles. The van der Waals surface area contributed by atoms with E-state index in [1.807, 2.05) is 0 Å². The van der Waals surface area contributed by atoms with E-state index in [1.54, 1.807) is 0 Å². The zero-order valence-electron chi connectivity index (χ0n) is 7.20. The van der Waals surface area contributed by atoms with Gasteiger partial charge in [-0.25, -0.2) is 4.98 Å². The molecule has 16 heavy (non-hydrogen) atoms. The average Bonchev–Trinajstić information content (AvgIpc) is 2.09. The Hall–Kier alpha value is -1.74. The molecule has 3 N–H and O–H groups in total. The monoisotopic (exact) mass is 247 g/mol. The second-order valence-electron chi connectivity index (χ2n) is 2.69. The highest BCUT2D eigenvalue weighted by Crippen LogP contribution is 2.43. The summed E-state index contributed by atoms with van der Waals surface area (Å²) in [5.41, 5.74) is 0.589. The Kier molecular flexibility index (Phi) is 2.61. The number of aromatic nitrogens is 2. The summed E-state index contributed by atoms with van der Waals surface area (Å²) >= 11 is 0. The Morgan fingerprint density at radius 3 is 2.12 bits per heavy atom. The molecule has 1 heterocycles. The summed E-state index contributed by atoms with van der Waals surface area (Å²) in [5, 5.41) is 0. The molecule has 0 radical (unpaired) electrons. The summed E-state index contributed by atoms with van der Waals surface area (Å²) in [4.78, 5) is 14.5. The molecule has 1 rings (SSSR count). The van der Waals surface area contributed by atoms with Crippen molar-refractivity contribution in [3.63, 3.8) is 0 Å². The molecule has 0 aliphatic rings. The van der Waals surface area contributed by atoms with Crippen molar-refractivity contribution in [2.75, 3.05) is 5.73 Å². The van der Waals surface area contributed by atoms with Gasteiger partial charge in [-0.1, -0.05) is 0 Å². The molecular formula is C6H3F6N3O. The number of nitrogens with two attached hydrogens (primary N) is 1. The van der Waals surface area contributed by atoms with E-state index in [0.29, 0.717) is 0 Å². The van der Waals surface area contributed by atoms with E-state index in [0.717, 1.165) is 0 Å². The molecule has 90 valence electrons. The van der Waals surface area contributed by atoms with Gasteiger partial charge in [-0.3, -0.25) is 9.78 Å². The Labute approximate surface area is 83.1 Å². The van der Waals surface area contributed by atoms with Gasteiger partial charge < -0.3 is 5.73 Å². The van der Waals surface area contributed by atoms with E-state index >= 15 is 0 Å². The fourth-order valence-corrected chi connectivity index (χ4v) is 0.819. The normalized spacial score (nSPS) is 12.9. The Bertz CT molecular complexity index is 464. The number of halogens is 6. The van der Waals surface area contributed by atoms with Gasteiger partial charge in [0.2, 0.25) is 11.8 Å². The van der Waals surface area contributed by atoms with Gasteiger partial charge in [-0.2, -0.15) is 26.3 Å². The fraction of sp³-hybridized carbons (Fsp3) is 0.333. The summed E-state index contributed by atoms with van der Waals surface area (Å²) < 4.78 is 73.6. The molecule has 1 aromatic heterocycles. The van der Waals surface area contributed by atoms with Crippen LogP contribution in [-0.2, 0) is 5.92 Å². The molecule has 0 bridgehead atoms. The summed E-state index contributed by atoms with van der Waals surface area (Å²) in [6, 6.07) is 0. The minimum atomic E-state index is -6.07. The van der Waals surface area contributed by atoms with Gasteiger partial charge in [0.1, 0.15) is 0 Å². The lowest BCUT2D eigenvalue weighted by atomic mass is 10.2. The van der Waals surface area contributed by atoms with Gasteiger partial charge in [-0.15, -0.1) is 0 Å². The molecule has 0 aliphatic heterocycles. The third kappa shape index (κ3) is 1.82. The number of alkyl halides is 5. The van der Waals surface area contributed by atoms with Crippen molar-refractivity contribution < 1.29 is 26.3 Å². The molecule has 0 atom stereocenters. The number of nitrogen functional groups attached to an aromatic ring is 1. The van der Waals surface area contributed by atoms with E-state index in [9.17, 15) is 31.1 Å². The predicted molar refractivity (Wildman–Crippen MR) is 39.2 cm³/mol. The maximum absolute atomic E-state index is 12.8. The zero-order chi connectivity index (χ0) is 12.7. The van der Waals surface area contributed by atoms with E-state index in [2.05, 4.69) is 4.98 Å². The molecule has 4 nitrogen and oxygen atoms in total. The van der Waals surface area contributed by atoms with Crippen LogP contribution in [0.1, 0.15) is 5.69 Å². The van der Waals surface area contributed by atoms with Crippen LogP contribution in [0, 0.1) is 5.82 Å². The van der Waals surface area contributed by atoms with E-state index in [4.69, 9.17) is 5.73 Å². The number of rotatable bonds is 1. The highest BCUT2D eigenvalue weighted by Gasteiger charge is 2.61. The molecular weight excluding hydrogens is 244 g/mol. The van der Waals surface area contributed by atoms with Crippen molar-refractivity contribution in [1.82, 2.24) is 9.97 Å². The minimum Gasteiger partial charge on any atom is -0.369 e. The summed E-state index contributed by atoms with van der Waals surface area (Å²) in [5.74, 6) is -8.94. The van der Waals surface area contributed by atoms with Gasteiger partial charge >= 0.3 is 12.1 Å². The van der Waals surface area contributed by atoms with Crippen LogP contribution in [0.4, 0.5) is 32.3 Å². The first kappa shape index (κ1) is 12.3. The maximum Gasteiger partial charge on any atom is 0.459 e. The van der Waals surface area contributed by atoms with E-state index < -0.39 is 35.1 Å². The van der Waals surface area contributed by atoms with Gasteiger partial charge in [0.15, 0.2) is 5.69 Å². The highest BCUT2D eigenvalue weighted by atomic mass is 19.4. The van der Waals surface area contributed by atoms with Crippen LogP contribution in [0.15, 0.2) is 4.79 Å². The lowest BCUT2D eigenvalue weighted by Crippen LogP contribution is -2.37. The number of aromatic amines is 1. The average molecular weight is 247 g/mol. The second-order valence-corrected chi connectivity index (χ2v) is 2.69. The van der Waals surface area contributed by atoms with Crippen molar-refractivity contribution >= 4 is 5.95 Å². The topological polar surface area (TPSA) is 71.8 Å². The van der Waals surface area contributed by atoms with Crippen LogP contribution in [0.5, 0.6) is 0 Å². The van der Waals surface area contributed by atoms with Crippen LogP contribution in [0.2, 0.25) is 0 Å². The molecule has 0 spiro atoms. The minimum absolute atomic E-state index is 1.04. The summed E-state index contributed by atoms with van der Waals surface area (Å²) in [6.45, 7) is 0. The van der Waals surface area contributed by atoms with E-state index in [1.165, 1.54) is 4.98 Å². The van der Waals surface area contributed by atoms with Crippen molar-refractivity contribution in [3.05, 3.63) is 21.9 Å². The first-order chi connectivity index (χ1) is 7.07. The highest BCUT2D eigenvalue weighted by molar-refractivity contribution is 5.22. The van der Waals surface area contributed by atoms with Crippen LogP contribution < -0.4 is 11.3 Å². The first-order valence-corrected chi connectivity index (χ1v) is 3.57. The maximum atomic E-state index is 12.8. The van der Waals surface area contributed by atoms with E-state index in [-0.39, 0.29) is 0 Å². The molecule has 0 fully saturated rings. The van der Waals surface area contributed by atoms with Crippen molar-refractivity contribution in [2.45, 2.75) is 12.1 Å². The van der Waals surface area contributed by atoms with Crippen LogP contribution >= 0.6 is 0 Å². The molecule has 0 aromatic carbocycles. The third-order valence-electron chi connectivity index (χ3n) is 1.53. The number of nitrogens with one attached hydrogen (secondary N) is 1. The largest absolute Gasteiger partial charge is 0.459 e. The predicted octanol–water partition coefficient (Wildman–Crippen LogP) is 1.15. The SMILES string of the molecule is Nc1nc(C(F)(F)C(F)(F)F)c(F)c(=O)[nH]1. The standard InChI is InChI=1S/C6H3F6N3O/c7-1-2(5(8,9)6(10,11)12)14-4(13)15-3(1)16/h(H3,13,14,15,16). The van der Waals surface area contributed by atoms with Gasteiger partial charge in [0.25, 0.3) is 5.56 Å². The second kappa shape index (κ2) is 3.39. The molecule has 0 unspecified atom stereocenters.